The van der Waals surface area contributed by atoms with Crippen LogP contribution in [0.3, 0.4) is 0 Å². The first kappa shape index (κ1) is 12.5. The lowest BCUT2D eigenvalue weighted by atomic mass is 9.93. The van der Waals surface area contributed by atoms with Crippen molar-refractivity contribution in [3.63, 3.8) is 0 Å². The summed E-state index contributed by atoms with van der Waals surface area (Å²) in [6, 6.07) is 7.94. The van der Waals surface area contributed by atoms with Crippen molar-refractivity contribution < 1.29 is 4.79 Å². The number of unbranched alkanes of at least 4 members (excludes halogenated alkanes) is 1. The number of rotatable bonds is 5. The Hall–Kier alpha value is -0.580. The molecule has 1 amide bonds. The summed E-state index contributed by atoms with van der Waals surface area (Å²) in [5.74, 6) is -0.342. The number of nitrogens with two attached hydrogens (primary N) is 1. The maximum atomic E-state index is 11.4. The second kappa shape index (κ2) is 6.10. The Morgan fingerprint density at radius 2 is 2.13 bits per heavy atom. The molecule has 1 atom stereocenters. The van der Waals surface area contributed by atoms with Crippen LogP contribution in [-0.4, -0.2) is 5.91 Å². The Morgan fingerprint density at radius 3 is 2.67 bits per heavy atom. The van der Waals surface area contributed by atoms with Gasteiger partial charge in [0, 0.05) is 3.57 Å². The molecular formula is C12H16INO. The van der Waals surface area contributed by atoms with E-state index in [0.29, 0.717) is 0 Å². The average Bonchev–Trinajstić information content (AvgIpc) is 2.20. The predicted molar refractivity (Wildman–Crippen MR) is 70.6 cm³/mol. The van der Waals surface area contributed by atoms with Crippen LogP contribution in [0.2, 0.25) is 0 Å². The minimum absolute atomic E-state index is 0.127. The van der Waals surface area contributed by atoms with Crippen molar-refractivity contribution >= 4 is 28.5 Å². The third-order valence-corrected chi connectivity index (χ3v) is 3.45. The molecule has 0 aliphatic heterocycles. The van der Waals surface area contributed by atoms with E-state index < -0.39 is 0 Å². The van der Waals surface area contributed by atoms with Crippen molar-refractivity contribution in [3.8, 4) is 0 Å². The number of halogens is 1. The minimum Gasteiger partial charge on any atom is -0.369 e. The summed E-state index contributed by atoms with van der Waals surface area (Å²) < 4.78 is 1.12. The van der Waals surface area contributed by atoms with Crippen LogP contribution in [0.5, 0.6) is 0 Å². The number of hydrogen-bond donors (Lipinski definition) is 1. The van der Waals surface area contributed by atoms with Gasteiger partial charge in [0.05, 0.1) is 5.92 Å². The zero-order chi connectivity index (χ0) is 11.3. The first-order valence-electron chi connectivity index (χ1n) is 5.20. The van der Waals surface area contributed by atoms with Crippen molar-refractivity contribution in [2.24, 2.45) is 5.73 Å². The van der Waals surface area contributed by atoms with Gasteiger partial charge in [-0.1, -0.05) is 38.0 Å². The monoisotopic (exact) mass is 317 g/mol. The summed E-state index contributed by atoms with van der Waals surface area (Å²) >= 11 is 2.25. The molecule has 0 heterocycles. The summed E-state index contributed by atoms with van der Waals surface area (Å²) in [5.41, 5.74) is 6.50. The van der Waals surface area contributed by atoms with E-state index in [2.05, 4.69) is 29.5 Å². The molecule has 0 saturated carbocycles. The molecule has 0 radical (unpaired) electrons. The summed E-state index contributed by atoms with van der Waals surface area (Å²) in [6.07, 6.45) is 2.98. The second-order valence-electron chi connectivity index (χ2n) is 3.62. The highest BCUT2D eigenvalue weighted by molar-refractivity contribution is 14.1. The molecule has 0 aliphatic rings. The van der Waals surface area contributed by atoms with Crippen LogP contribution in [0.1, 0.15) is 37.7 Å². The van der Waals surface area contributed by atoms with Gasteiger partial charge >= 0.3 is 0 Å². The van der Waals surface area contributed by atoms with Crippen molar-refractivity contribution in [2.75, 3.05) is 0 Å². The SMILES string of the molecule is CCCCC(C(N)=O)c1ccccc1I. The van der Waals surface area contributed by atoms with Gasteiger partial charge in [0.1, 0.15) is 0 Å². The molecule has 0 spiro atoms. The van der Waals surface area contributed by atoms with Crippen molar-refractivity contribution in [3.05, 3.63) is 33.4 Å². The fraction of sp³-hybridized carbons (Fsp3) is 0.417. The number of benzene rings is 1. The lowest BCUT2D eigenvalue weighted by Gasteiger charge is -2.14. The largest absolute Gasteiger partial charge is 0.369 e. The van der Waals surface area contributed by atoms with E-state index in [9.17, 15) is 4.79 Å². The third kappa shape index (κ3) is 3.48. The summed E-state index contributed by atoms with van der Waals surface area (Å²) in [5, 5.41) is 0. The van der Waals surface area contributed by atoms with Crippen molar-refractivity contribution in [2.45, 2.75) is 32.1 Å². The molecular weight excluding hydrogens is 301 g/mol. The molecule has 1 aromatic rings. The Labute approximate surface area is 104 Å². The smallest absolute Gasteiger partial charge is 0.224 e. The molecule has 1 rings (SSSR count). The molecule has 3 heteroatoms. The molecule has 0 fully saturated rings. The van der Waals surface area contributed by atoms with Gasteiger partial charge in [0.15, 0.2) is 0 Å². The van der Waals surface area contributed by atoms with Gasteiger partial charge in [0.25, 0.3) is 0 Å². The number of primary amides is 1. The lowest BCUT2D eigenvalue weighted by Crippen LogP contribution is -2.22. The van der Waals surface area contributed by atoms with Crippen LogP contribution < -0.4 is 5.73 Å². The molecule has 15 heavy (non-hydrogen) atoms. The van der Waals surface area contributed by atoms with Crippen LogP contribution in [-0.2, 0) is 4.79 Å². The topological polar surface area (TPSA) is 43.1 Å². The van der Waals surface area contributed by atoms with E-state index in [1.54, 1.807) is 0 Å². The van der Waals surface area contributed by atoms with E-state index >= 15 is 0 Å². The Morgan fingerprint density at radius 1 is 1.47 bits per heavy atom. The normalized spacial score (nSPS) is 12.4. The maximum Gasteiger partial charge on any atom is 0.224 e. The molecule has 1 unspecified atom stereocenters. The molecule has 0 aliphatic carbocycles. The number of hydrogen-bond acceptors (Lipinski definition) is 1. The lowest BCUT2D eigenvalue weighted by molar-refractivity contribution is -0.119. The molecule has 0 bridgehead atoms. The van der Waals surface area contributed by atoms with Crippen LogP contribution in [0.15, 0.2) is 24.3 Å². The second-order valence-corrected chi connectivity index (χ2v) is 4.78. The van der Waals surface area contributed by atoms with Crippen molar-refractivity contribution in [1.82, 2.24) is 0 Å². The van der Waals surface area contributed by atoms with Crippen LogP contribution in [0, 0.1) is 3.57 Å². The minimum atomic E-state index is -0.215. The van der Waals surface area contributed by atoms with Crippen LogP contribution in [0.25, 0.3) is 0 Å². The maximum absolute atomic E-state index is 11.4. The van der Waals surface area contributed by atoms with Crippen LogP contribution in [0.4, 0.5) is 0 Å². The quantitative estimate of drug-likeness (QED) is 0.834. The summed E-state index contributed by atoms with van der Waals surface area (Å²) in [6.45, 7) is 2.12. The van der Waals surface area contributed by atoms with E-state index in [1.807, 2.05) is 24.3 Å². The molecule has 0 aromatic heterocycles. The van der Waals surface area contributed by atoms with Gasteiger partial charge in [-0.15, -0.1) is 0 Å². The molecule has 2 nitrogen and oxygen atoms in total. The van der Waals surface area contributed by atoms with E-state index in [0.717, 1.165) is 28.4 Å². The Bertz CT molecular complexity index is 338. The third-order valence-electron chi connectivity index (χ3n) is 2.47. The fourth-order valence-corrected chi connectivity index (χ4v) is 2.38. The average molecular weight is 317 g/mol. The van der Waals surface area contributed by atoms with Crippen LogP contribution >= 0.6 is 22.6 Å². The van der Waals surface area contributed by atoms with Gasteiger partial charge in [-0.2, -0.15) is 0 Å². The number of carbonyl (C=O) groups is 1. The highest BCUT2D eigenvalue weighted by atomic mass is 127. The van der Waals surface area contributed by atoms with Gasteiger partial charge in [-0.05, 0) is 40.6 Å². The van der Waals surface area contributed by atoms with E-state index in [4.69, 9.17) is 5.73 Å². The molecule has 2 N–H and O–H groups in total. The van der Waals surface area contributed by atoms with Gasteiger partial charge in [-0.3, -0.25) is 4.79 Å². The summed E-state index contributed by atoms with van der Waals surface area (Å²) in [7, 11) is 0. The van der Waals surface area contributed by atoms with E-state index in [-0.39, 0.29) is 11.8 Å². The molecule has 1 aromatic carbocycles. The first-order valence-corrected chi connectivity index (χ1v) is 6.28. The number of amides is 1. The van der Waals surface area contributed by atoms with Crippen molar-refractivity contribution in [1.29, 1.82) is 0 Å². The van der Waals surface area contributed by atoms with Gasteiger partial charge in [-0.25, -0.2) is 0 Å². The van der Waals surface area contributed by atoms with Gasteiger partial charge < -0.3 is 5.73 Å². The fourth-order valence-electron chi connectivity index (χ4n) is 1.62. The Balaban J connectivity index is 2.89. The van der Waals surface area contributed by atoms with Gasteiger partial charge in [0.2, 0.25) is 5.91 Å². The standard InChI is InChI=1S/C12H16INO/c1-2-3-6-10(12(14)15)9-7-4-5-8-11(9)13/h4-5,7-8,10H,2-3,6H2,1H3,(H2,14,15). The zero-order valence-corrected chi connectivity index (χ0v) is 11.0. The highest BCUT2D eigenvalue weighted by Crippen LogP contribution is 2.26. The Kier molecular flexibility index (Phi) is 5.08. The molecule has 82 valence electrons. The predicted octanol–water partition coefficient (Wildman–Crippen LogP) is 3.05. The zero-order valence-electron chi connectivity index (χ0n) is 8.87. The number of carbonyl (C=O) groups excluding carboxylic acids is 1. The first-order chi connectivity index (χ1) is 7.16. The summed E-state index contributed by atoms with van der Waals surface area (Å²) in [4.78, 5) is 11.4. The van der Waals surface area contributed by atoms with E-state index in [1.165, 1.54) is 0 Å². The molecule has 0 saturated heterocycles. The highest BCUT2D eigenvalue weighted by Gasteiger charge is 2.18.